The summed E-state index contributed by atoms with van der Waals surface area (Å²) < 4.78 is 1.72. The van der Waals surface area contributed by atoms with Crippen LogP contribution in [0, 0.1) is 13.8 Å². The zero-order chi connectivity index (χ0) is 17.5. The molecule has 3 rings (SSSR count). The molecule has 0 saturated carbocycles. The lowest BCUT2D eigenvalue weighted by Gasteiger charge is -2.22. The average Bonchev–Trinajstić information content (AvgIpc) is 3.02. The van der Waals surface area contributed by atoms with Gasteiger partial charge in [0.25, 0.3) is 0 Å². The molecule has 0 aliphatic carbocycles. The fourth-order valence-electron chi connectivity index (χ4n) is 2.81. The van der Waals surface area contributed by atoms with Gasteiger partial charge in [-0.05, 0) is 48.6 Å². The Morgan fingerprint density at radius 1 is 1.08 bits per heavy atom. The predicted molar refractivity (Wildman–Crippen MR) is 97.8 cm³/mol. The lowest BCUT2D eigenvalue weighted by Crippen LogP contribution is -2.12. The summed E-state index contributed by atoms with van der Waals surface area (Å²) >= 11 is 6.54. The van der Waals surface area contributed by atoms with Crippen molar-refractivity contribution in [3.8, 4) is 16.9 Å². The predicted octanol–water partition coefficient (Wildman–Crippen LogP) is 4.90. The highest BCUT2D eigenvalue weighted by atomic mass is 35.5. The molecule has 0 N–H and O–H groups in total. The SMILES string of the molecule is Cc1cc(C(C)(C)C)c(Cl)cc1-c1ccc(-n2cncn2)c(C)n1. The van der Waals surface area contributed by atoms with E-state index in [1.165, 1.54) is 11.9 Å². The topological polar surface area (TPSA) is 43.6 Å². The van der Waals surface area contributed by atoms with E-state index in [2.05, 4.69) is 43.8 Å². The van der Waals surface area contributed by atoms with Crippen LogP contribution in [0.3, 0.4) is 0 Å². The quantitative estimate of drug-likeness (QED) is 0.666. The Bertz CT molecular complexity index is 877. The van der Waals surface area contributed by atoms with Crippen LogP contribution in [-0.4, -0.2) is 19.7 Å². The van der Waals surface area contributed by atoms with Gasteiger partial charge in [0.05, 0.1) is 17.1 Å². The van der Waals surface area contributed by atoms with E-state index in [0.717, 1.165) is 33.2 Å². The van der Waals surface area contributed by atoms with Gasteiger partial charge >= 0.3 is 0 Å². The number of hydrogen-bond acceptors (Lipinski definition) is 3. The van der Waals surface area contributed by atoms with Crippen molar-refractivity contribution in [2.45, 2.75) is 40.0 Å². The third-order valence-electron chi connectivity index (χ3n) is 4.12. The van der Waals surface area contributed by atoms with Crippen LogP contribution >= 0.6 is 11.6 Å². The van der Waals surface area contributed by atoms with Crippen molar-refractivity contribution in [3.05, 3.63) is 58.8 Å². The second-order valence-electron chi connectivity index (χ2n) is 7.04. The fourth-order valence-corrected chi connectivity index (χ4v) is 3.26. The van der Waals surface area contributed by atoms with Crippen molar-refractivity contribution in [1.29, 1.82) is 0 Å². The number of aromatic nitrogens is 4. The van der Waals surface area contributed by atoms with Gasteiger partial charge < -0.3 is 0 Å². The van der Waals surface area contributed by atoms with Crippen LogP contribution in [0.15, 0.2) is 36.9 Å². The van der Waals surface area contributed by atoms with E-state index in [1.54, 1.807) is 11.0 Å². The maximum absolute atomic E-state index is 6.54. The summed E-state index contributed by atoms with van der Waals surface area (Å²) in [5, 5.41) is 4.94. The monoisotopic (exact) mass is 340 g/mol. The highest BCUT2D eigenvalue weighted by molar-refractivity contribution is 6.31. The van der Waals surface area contributed by atoms with Gasteiger partial charge in [0.2, 0.25) is 0 Å². The highest BCUT2D eigenvalue weighted by Gasteiger charge is 2.19. The number of aryl methyl sites for hydroxylation is 2. The third-order valence-corrected chi connectivity index (χ3v) is 4.43. The second kappa shape index (κ2) is 6.02. The molecule has 0 radical (unpaired) electrons. The van der Waals surface area contributed by atoms with Gasteiger partial charge in [0.1, 0.15) is 12.7 Å². The molecule has 4 nitrogen and oxygen atoms in total. The van der Waals surface area contributed by atoms with Gasteiger partial charge in [-0.1, -0.05) is 38.4 Å². The van der Waals surface area contributed by atoms with Crippen LogP contribution in [0.4, 0.5) is 0 Å². The van der Waals surface area contributed by atoms with Gasteiger partial charge in [-0.2, -0.15) is 5.10 Å². The summed E-state index contributed by atoms with van der Waals surface area (Å²) in [6, 6.07) is 8.20. The minimum absolute atomic E-state index is 0.0146. The van der Waals surface area contributed by atoms with Crippen molar-refractivity contribution < 1.29 is 0 Å². The Balaban J connectivity index is 2.07. The van der Waals surface area contributed by atoms with Crippen LogP contribution in [-0.2, 0) is 5.41 Å². The molecule has 2 aromatic heterocycles. The smallest absolute Gasteiger partial charge is 0.138 e. The van der Waals surface area contributed by atoms with Crippen LogP contribution in [0.5, 0.6) is 0 Å². The zero-order valence-electron chi connectivity index (χ0n) is 14.6. The molecule has 0 saturated heterocycles. The molecule has 0 bridgehead atoms. The molecule has 124 valence electrons. The Kier molecular flexibility index (Phi) is 4.18. The lowest BCUT2D eigenvalue weighted by molar-refractivity contribution is 0.590. The van der Waals surface area contributed by atoms with Gasteiger partial charge in [0.15, 0.2) is 0 Å². The van der Waals surface area contributed by atoms with E-state index in [4.69, 9.17) is 16.6 Å². The summed E-state index contributed by atoms with van der Waals surface area (Å²) in [7, 11) is 0. The number of benzene rings is 1. The molecule has 24 heavy (non-hydrogen) atoms. The van der Waals surface area contributed by atoms with E-state index >= 15 is 0 Å². The van der Waals surface area contributed by atoms with E-state index < -0.39 is 0 Å². The molecular weight excluding hydrogens is 320 g/mol. The first-order valence-corrected chi connectivity index (χ1v) is 8.29. The molecule has 5 heteroatoms. The Hall–Kier alpha value is -2.20. The molecule has 0 unspecified atom stereocenters. The highest BCUT2D eigenvalue weighted by Crippen LogP contribution is 2.35. The average molecular weight is 341 g/mol. The standard InChI is InChI=1S/C19H21ClN4/c1-12-8-15(19(3,4)5)16(20)9-14(12)17-6-7-18(13(2)23-17)24-11-21-10-22-24/h6-11H,1-5H3. The number of pyridine rings is 1. The van der Waals surface area contributed by atoms with E-state index in [-0.39, 0.29) is 5.41 Å². The molecule has 0 amide bonds. The van der Waals surface area contributed by atoms with E-state index in [0.29, 0.717) is 0 Å². The number of hydrogen-bond donors (Lipinski definition) is 0. The minimum Gasteiger partial charge on any atom is -0.251 e. The van der Waals surface area contributed by atoms with Crippen LogP contribution in [0.25, 0.3) is 16.9 Å². The van der Waals surface area contributed by atoms with Gasteiger partial charge in [-0.3, -0.25) is 4.98 Å². The summed E-state index contributed by atoms with van der Waals surface area (Å²) in [6.07, 6.45) is 3.19. The number of halogens is 1. The number of nitrogens with zero attached hydrogens (tertiary/aromatic N) is 4. The van der Waals surface area contributed by atoms with Crippen LogP contribution < -0.4 is 0 Å². The Morgan fingerprint density at radius 3 is 2.42 bits per heavy atom. The summed E-state index contributed by atoms with van der Waals surface area (Å²) in [5.74, 6) is 0. The first kappa shape index (κ1) is 16.7. The molecule has 0 aliphatic heterocycles. The third kappa shape index (κ3) is 3.06. The number of rotatable bonds is 2. The largest absolute Gasteiger partial charge is 0.251 e. The second-order valence-corrected chi connectivity index (χ2v) is 7.45. The van der Waals surface area contributed by atoms with Crippen LogP contribution in [0.1, 0.15) is 37.6 Å². The van der Waals surface area contributed by atoms with Gasteiger partial charge in [-0.25, -0.2) is 9.67 Å². The molecule has 0 fully saturated rings. The zero-order valence-corrected chi connectivity index (χ0v) is 15.4. The Morgan fingerprint density at radius 2 is 1.83 bits per heavy atom. The molecule has 1 aromatic carbocycles. The maximum atomic E-state index is 6.54. The first-order valence-electron chi connectivity index (χ1n) is 7.91. The maximum Gasteiger partial charge on any atom is 0.138 e. The van der Waals surface area contributed by atoms with Gasteiger partial charge in [0, 0.05) is 10.6 Å². The van der Waals surface area contributed by atoms with Crippen molar-refractivity contribution in [3.63, 3.8) is 0 Å². The van der Waals surface area contributed by atoms with E-state index in [9.17, 15) is 0 Å². The minimum atomic E-state index is 0.0146. The van der Waals surface area contributed by atoms with E-state index in [1.807, 2.05) is 25.1 Å². The summed E-state index contributed by atoms with van der Waals surface area (Å²) in [6.45, 7) is 10.6. The molecule has 3 aromatic rings. The molecule has 0 aliphatic rings. The van der Waals surface area contributed by atoms with Crippen molar-refractivity contribution >= 4 is 11.6 Å². The first-order chi connectivity index (χ1) is 11.3. The molecular formula is C19H21ClN4. The van der Waals surface area contributed by atoms with Crippen LogP contribution in [0.2, 0.25) is 5.02 Å². The molecule has 2 heterocycles. The normalized spacial score (nSPS) is 11.8. The van der Waals surface area contributed by atoms with Crippen molar-refractivity contribution in [2.24, 2.45) is 0 Å². The Labute approximate surface area is 147 Å². The van der Waals surface area contributed by atoms with Crippen molar-refractivity contribution in [2.75, 3.05) is 0 Å². The molecule has 0 atom stereocenters. The summed E-state index contributed by atoms with van der Waals surface area (Å²) in [5.41, 5.74) is 6.13. The fraction of sp³-hybridized carbons (Fsp3) is 0.316. The van der Waals surface area contributed by atoms with Gasteiger partial charge in [-0.15, -0.1) is 0 Å². The lowest BCUT2D eigenvalue weighted by atomic mass is 9.85. The van der Waals surface area contributed by atoms with Crippen molar-refractivity contribution in [1.82, 2.24) is 19.7 Å². The molecule has 0 spiro atoms. The summed E-state index contributed by atoms with van der Waals surface area (Å²) in [4.78, 5) is 8.73.